The summed E-state index contributed by atoms with van der Waals surface area (Å²) in [5, 5.41) is 3.31. The number of rotatable bonds is 9. The smallest absolute Gasteiger partial charge is 0.247 e. The Kier molecular flexibility index (Phi) is 8.36. The number of piperazine rings is 1. The number of hydrogen-bond acceptors (Lipinski definition) is 6. The highest BCUT2D eigenvalue weighted by Gasteiger charge is 2.44. The maximum Gasteiger partial charge on any atom is 0.247 e. The van der Waals surface area contributed by atoms with Gasteiger partial charge in [0.25, 0.3) is 0 Å². The van der Waals surface area contributed by atoms with E-state index in [4.69, 9.17) is 4.74 Å². The lowest BCUT2D eigenvalue weighted by Gasteiger charge is -2.36. The van der Waals surface area contributed by atoms with Crippen LogP contribution in [0.2, 0.25) is 0 Å². The van der Waals surface area contributed by atoms with E-state index in [2.05, 4.69) is 15.1 Å². The molecule has 0 spiro atoms. The summed E-state index contributed by atoms with van der Waals surface area (Å²) in [6.45, 7) is 7.26. The third-order valence-corrected chi connectivity index (χ3v) is 6.72. The van der Waals surface area contributed by atoms with Gasteiger partial charge in [-0.3, -0.25) is 19.4 Å². The fraction of sp³-hybridized carbons (Fsp3) is 0.652. The number of carbonyl (C=O) groups is 2. The Morgan fingerprint density at radius 2 is 1.81 bits per heavy atom. The fourth-order valence-corrected chi connectivity index (χ4v) is 4.55. The summed E-state index contributed by atoms with van der Waals surface area (Å²) in [5.74, 6) is 0.686. The third-order valence-electron chi connectivity index (χ3n) is 6.72. The third kappa shape index (κ3) is 5.53. The van der Waals surface area contributed by atoms with Gasteiger partial charge in [0.05, 0.1) is 24.8 Å². The van der Waals surface area contributed by atoms with Crippen LogP contribution in [0.5, 0.6) is 5.75 Å². The molecule has 3 aliphatic rings. The van der Waals surface area contributed by atoms with Crippen molar-refractivity contribution in [3.63, 3.8) is 0 Å². The van der Waals surface area contributed by atoms with Crippen molar-refractivity contribution >= 4 is 29.9 Å². The molecule has 4 rings (SSSR count). The number of ether oxygens (including phenoxy) is 1. The van der Waals surface area contributed by atoms with Gasteiger partial charge in [-0.05, 0) is 50.4 Å². The molecular weight excluding hydrogens is 435 g/mol. The Balaban J connectivity index is 0.00000289. The normalized spacial score (nSPS) is 24.1. The number of carbonyl (C=O) groups excluding carboxylic acids is 2. The van der Waals surface area contributed by atoms with Crippen LogP contribution in [0.4, 0.5) is 10.1 Å². The highest BCUT2D eigenvalue weighted by Crippen LogP contribution is 2.30. The molecule has 2 saturated heterocycles. The zero-order chi connectivity index (χ0) is 22.0. The van der Waals surface area contributed by atoms with Crippen LogP contribution >= 0.6 is 12.4 Å². The van der Waals surface area contributed by atoms with Crippen LogP contribution < -0.4 is 15.0 Å². The van der Waals surface area contributed by atoms with Crippen LogP contribution in [0.3, 0.4) is 0 Å². The van der Waals surface area contributed by atoms with E-state index in [0.29, 0.717) is 18.2 Å². The van der Waals surface area contributed by atoms with Crippen LogP contribution in [-0.4, -0.2) is 80.6 Å². The SMILES string of the molecule is COc1ccc(F)cc1N1CCN(CCCN2C(=O)C(C)C(NCC3CC3)C2=O)CC1.Cl. The van der Waals surface area contributed by atoms with Gasteiger partial charge in [0.15, 0.2) is 0 Å². The van der Waals surface area contributed by atoms with Crippen molar-refractivity contribution in [3.05, 3.63) is 24.0 Å². The van der Waals surface area contributed by atoms with Crippen LogP contribution in [-0.2, 0) is 9.59 Å². The van der Waals surface area contributed by atoms with Crippen LogP contribution in [0.15, 0.2) is 18.2 Å². The second-order valence-electron chi connectivity index (χ2n) is 8.94. The maximum absolute atomic E-state index is 13.7. The maximum atomic E-state index is 13.7. The summed E-state index contributed by atoms with van der Waals surface area (Å²) >= 11 is 0. The van der Waals surface area contributed by atoms with Gasteiger partial charge in [0.1, 0.15) is 11.6 Å². The summed E-state index contributed by atoms with van der Waals surface area (Å²) in [6, 6.07) is 4.23. The molecule has 1 saturated carbocycles. The van der Waals surface area contributed by atoms with E-state index < -0.39 is 0 Å². The van der Waals surface area contributed by atoms with Gasteiger partial charge in [-0.2, -0.15) is 0 Å². The van der Waals surface area contributed by atoms with Crippen molar-refractivity contribution < 1.29 is 18.7 Å². The molecule has 1 aliphatic carbocycles. The average molecular weight is 469 g/mol. The molecule has 0 bridgehead atoms. The fourth-order valence-electron chi connectivity index (χ4n) is 4.55. The molecule has 1 aromatic carbocycles. The summed E-state index contributed by atoms with van der Waals surface area (Å²) in [6.07, 6.45) is 3.21. The van der Waals surface area contributed by atoms with E-state index in [1.54, 1.807) is 13.2 Å². The van der Waals surface area contributed by atoms with Crippen molar-refractivity contribution in [2.45, 2.75) is 32.2 Å². The predicted molar refractivity (Wildman–Crippen MR) is 124 cm³/mol. The lowest BCUT2D eigenvalue weighted by atomic mass is 10.1. The minimum Gasteiger partial charge on any atom is -0.495 e. The monoisotopic (exact) mass is 468 g/mol. The van der Waals surface area contributed by atoms with Gasteiger partial charge < -0.3 is 15.0 Å². The number of imide groups is 1. The Morgan fingerprint density at radius 3 is 2.47 bits per heavy atom. The van der Waals surface area contributed by atoms with Crippen molar-refractivity contribution in [1.29, 1.82) is 0 Å². The molecule has 7 nitrogen and oxygen atoms in total. The largest absolute Gasteiger partial charge is 0.495 e. The molecule has 32 heavy (non-hydrogen) atoms. The molecule has 1 N–H and O–H groups in total. The molecular formula is C23H34ClFN4O3. The average Bonchev–Trinajstić information content (AvgIpc) is 3.58. The first-order chi connectivity index (χ1) is 15.0. The summed E-state index contributed by atoms with van der Waals surface area (Å²) in [5.41, 5.74) is 0.786. The molecule has 2 unspecified atom stereocenters. The molecule has 2 atom stereocenters. The van der Waals surface area contributed by atoms with E-state index in [0.717, 1.165) is 51.4 Å². The Labute approximate surface area is 195 Å². The van der Waals surface area contributed by atoms with Gasteiger partial charge in [0.2, 0.25) is 11.8 Å². The molecule has 178 valence electrons. The number of likely N-dealkylation sites (tertiary alicyclic amines) is 1. The highest BCUT2D eigenvalue weighted by molar-refractivity contribution is 6.06. The first kappa shape index (κ1) is 24.7. The number of nitrogens with zero attached hydrogens (tertiary/aromatic N) is 3. The molecule has 0 radical (unpaired) electrons. The quantitative estimate of drug-likeness (QED) is 0.560. The van der Waals surface area contributed by atoms with Gasteiger partial charge in [-0.15, -0.1) is 12.4 Å². The minimum absolute atomic E-state index is 0. The Hall–Kier alpha value is -1.90. The van der Waals surface area contributed by atoms with Crippen molar-refractivity contribution in [2.24, 2.45) is 11.8 Å². The van der Waals surface area contributed by atoms with E-state index >= 15 is 0 Å². The second kappa shape index (κ2) is 10.8. The standard InChI is InChI=1S/C23H33FN4O3.ClH/c1-16-21(25-15-17-4-5-17)23(30)28(22(16)29)9-3-8-26-10-12-27(13-11-26)19-14-18(24)6-7-20(19)31-2;/h6-7,14,16-17,21,25H,3-5,8-13,15H2,1-2H3;1H. The number of benzene rings is 1. The van der Waals surface area contributed by atoms with E-state index in [1.807, 2.05) is 6.92 Å². The first-order valence-electron chi connectivity index (χ1n) is 11.4. The molecule has 2 amide bonds. The van der Waals surface area contributed by atoms with Gasteiger partial charge in [-0.1, -0.05) is 6.92 Å². The molecule has 3 fully saturated rings. The number of nitrogens with one attached hydrogen (secondary N) is 1. The molecule has 2 heterocycles. The minimum atomic E-state index is -0.363. The number of anilines is 1. The lowest BCUT2D eigenvalue weighted by Crippen LogP contribution is -2.47. The first-order valence-corrected chi connectivity index (χ1v) is 11.4. The highest BCUT2D eigenvalue weighted by atomic mass is 35.5. The van der Waals surface area contributed by atoms with Crippen molar-refractivity contribution in [1.82, 2.24) is 15.1 Å². The summed E-state index contributed by atoms with van der Waals surface area (Å²) in [4.78, 5) is 31.2. The van der Waals surface area contributed by atoms with E-state index in [9.17, 15) is 14.0 Å². The topological polar surface area (TPSA) is 65.1 Å². The molecule has 2 aliphatic heterocycles. The number of halogens is 2. The van der Waals surface area contributed by atoms with Crippen LogP contribution in [0, 0.1) is 17.7 Å². The number of hydrogen-bond donors (Lipinski definition) is 1. The van der Waals surface area contributed by atoms with Crippen LogP contribution in [0.1, 0.15) is 26.2 Å². The molecule has 1 aromatic rings. The van der Waals surface area contributed by atoms with Crippen LogP contribution in [0.25, 0.3) is 0 Å². The molecule has 9 heteroatoms. The van der Waals surface area contributed by atoms with Gasteiger partial charge in [0, 0.05) is 38.8 Å². The van der Waals surface area contributed by atoms with Crippen molar-refractivity contribution in [3.8, 4) is 5.75 Å². The zero-order valence-corrected chi connectivity index (χ0v) is 19.7. The number of amides is 2. The number of methoxy groups -OCH3 is 1. The van der Waals surface area contributed by atoms with Gasteiger partial charge >= 0.3 is 0 Å². The summed E-state index contributed by atoms with van der Waals surface area (Å²) < 4.78 is 19.1. The van der Waals surface area contributed by atoms with Gasteiger partial charge in [-0.25, -0.2) is 4.39 Å². The lowest BCUT2D eigenvalue weighted by molar-refractivity contribution is -0.139. The van der Waals surface area contributed by atoms with E-state index in [-0.39, 0.29) is 42.0 Å². The summed E-state index contributed by atoms with van der Waals surface area (Å²) in [7, 11) is 1.60. The second-order valence-corrected chi connectivity index (χ2v) is 8.94. The predicted octanol–water partition coefficient (Wildman–Crippen LogP) is 2.14. The molecule has 0 aromatic heterocycles. The zero-order valence-electron chi connectivity index (χ0n) is 18.9. The Morgan fingerprint density at radius 1 is 1.09 bits per heavy atom. The van der Waals surface area contributed by atoms with Crippen molar-refractivity contribution in [2.75, 3.05) is 57.8 Å². The van der Waals surface area contributed by atoms with E-state index in [1.165, 1.54) is 29.9 Å². The Bertz CT molecular complexity index is 814.